The smallest absolute Gasteiger partial charge is 0.359 e. The van der Waals surface area contributed by atoms with Gasteiger partial charge in [-0.2, -0.15) is 0 Å². The molecule has 1 aromatic heterocycles. The van der Waals surface area contributed by atoms with Crippen molar-refractivity contribution in [1.29, 1.82) is 0 Å². The van der Waals surface area contributed by atoms with Gasteiger partial charge in [-0.05, 0) is 29.8 Å². The minimum Gasteiger partial charge on any atom is -0.456 e. The Morgan fingerprint density at radius 3 is 2.89 bits per heavy atom. The summed E-state index contributed by atoms with van der Waals surface area (Å²) in [7, 11) is 0. The number of carbonyl (C=O) groups excluding carboxylic acids is 1. The molecule has 0 saturated heterocycles. The molecule has 0 spiro atoms. The molecule has 5 heteroatoms. The molecule has 0 amide bonds. The van der Waals surface area contributed by atoms with E-state index in [9.17, 15) is 4.79 Å². The predicted octanol–water partition coefficient (Wildman–Crippen LogP) is 2.78. The average Bonchev–Trinajstić information content (AvgIpc) is 2.37. The number of rotatable bonds is 3. The van der Waals surface area contributed by atoms with Crippen LogP contribution in [0.15, 0.2) is 47.1 Å². The van der Waals surface area contributed by atoms with E-state index in [1.807, 2.05) is 24.3 Å². The average molecular weight is 307 g/mol. The molecule has 0 saturated carbocycles. The van der Waals surface area contributed by atoms with Crippen LogP contribution < -0.4 is 5.73 Å². The summed E-state index contributed by atoms with van der Waals surface area (Å²) in [5.41, 5.74) is 7.00. The van der Waals surface area contributed by atoms with Gasteiger partial charge in [0.15, 0.2) is 5.69 Å². The molecule has 0 atom stereocenters. The van der Waals surface area contributed by atoms with Crippen molar-refractivity contribution in [3.05, 3.63) is 58.3 Å². The lowest BCUT2D eigenvalue weighted by molar-refractivity contribution is 0.0467. The third-order valence-corrected chi connectivity index (χ3v) is 2.78. The summed E-state index contributed by atoms with van der Waals surface area (Å²) < 4.78 is 6.09. The lowest BCUT2D eigenvalue weighted by Crippen LogP contribution is -2.10. The van der Waals surface area contributed by atoms with Crippen molar-refractivity contribution in [2.45, 2.75) is 6.61 Å². The van der Waals surface area contributed by atoms with E-state index in [1.54, 1.807) is 12.1 Å². The van der Waals surface area contributed by atoms with Crippen LogP contribution in [0.5, 0.6) is 0 Å². The summed E-state index contributed by atoms with van der Waals surface area (Å²) in [5.74, 6) is -0.520. The molecule has 2 aromatic rings. The summed E-state index contributed by atoms with van der Waals surface area (Å²) in [6.07, 6.45) is 1.51. The zero-order valence-corrected chi connectivity index (χ0v) is 11.1. The highest BCUT2D eigenvalue weighted by molar-refractivity contribution is 9.10. The minimum absolute atomic E-state index is 0.146. The Morgan fingerprint density at radius 1 is 1.33 bits per heavy atom. The normalized spacial score (nSPS) is 10.1. The van der Waals surface area contributed by atoms with Crippen LogP contribution in [0.25, 0.3) is 0 Å². The molecule has 0 aliphatic heterocycles. The molecule has 0 aliphatic rings. The Kier molecular flexibility index (Phi) is 3.94. The number of hydrogen-bond donors (Lipinski definition) is 1. The number of pyridine rings is 1. The van der Waals surface area contributed by atoms with Crippen molar-refractivity contribution in [1.82, 2.24) is 4.98 Å². The maximum Gasteiger partial charge on any atom is 0.359 e. The highest BCUT2D eigenvalue weighted by Crippen LogP contribution is 2.14. The maximum absolute atomic E-state index is 11.7. The number of hydrogen-bond acceptors (Lipinski definition) is 4. The molecule has 0 bridgehead atoms. The molecule has 1 aromatic carbocycles. The second-order valence-corrected chi connectivity index (χ2v) is 4.56. The summed E-state index contributed by atoms with van der Waals surface area (Å²) >= 11 is 3.35. The van der Waals surface area contributed by atoms with E-state index >= 15 is 0 Å². The molecule has 0 aliphatic carbocycles. The van der Waals surface area contributed by atoms with Crippen LogP contribution >= 0.6 is 15.9 Å². The molecule has 92 valence electrons. The quantitative estimate of drug-likeness (QED) is 0.886. The van der Waals surface area contributed by atoms with E-state index in [0.717, 1.165) is 10.0 Å². The Hall–Kier alpha value is -1.88. The fourth-order valence-corrected chi connectivity index (χ4v) is 1.88. The van der Waals surface area contributed by atoms with Crippen LogP contribution in [0.3, 0.4) is 0 Å². The van der Waals surface area contributed by atoms with Crippen LogP contribution in [0.1, 0.15) is 16.1 Å². The highest BCUT2D eigenvalue weighted by atomic mass is 79.9. The number of nitrogens with two attached hydrogens (primary N) is 1. The van der Waals surface area contributed by atoms with Gasteiger partial charge in [0.2, 0.25) is 0 Å². The van der Waals surface area contributed by atoms with Gasteiger partial charge in [0.05, 0.1) is 5.69 Å². The number of benzene rings is 1. The number of anilines is 1. The molecular weight excluding hydrogens is 296 g/mol. The third kappa shape index (κ3) is 3.07. The summed E-state index contributed by atoms with van der Waals surface area (Å²) in [6.45, 7) is 0.189. The molecule has 1 heterocycles. The molecule has 18 heavy (non-hydrogen) atoms. The predicted molar refractivity (Wildman–Crippen MR) is 71.9 cm³/mol. The Balaban J connectivity index is 2.03. The molecule has 2 N–H and O–H groups in total. The Labute approximate surface area is 113 Å². The van der Waals surface area contributed by atoms with Gasteiger partial charge >= 0.3 is 5.97 Å². The second-order valence-electron chi connectivity index (χ2n) is 3.65. The zero-order valence-electron chi connectivity index (χ0n) is 9.47. The monoisotopic (exact) mass is 306 g/mol. The largest absolute Gasteiger partial charge is 0.456 e. The maximum atomic E-state index is 11.7. The van der Waals surface area contributed by atoms with Gasteiger partial charge < -0.3 is 10.5 Å². The summed E-state index contributed by atoms with van der Waals surface area (Å²) in [4.78, 5) is 15.6. The van der Waals surface area contributed by atoms with Crippen molar-refractivity contribution in [3.8, 4) is 0 Å². The van der Waals surface area contributed by atoms with Crippen molar-refractivity contribution >= 4 is 27.6 Å². The molecule has 0 radical (unpaired) electrons. The standard InChI is InChI=1S/C13H11BrN2O2/c14-10-4-1-3-9(7-10)8-18-13(17)12-11(15)5-2-6-16-12/h1-7H,8,15H2. The lowest BCUT2D eigenvalue weighted by atomic mass is 10.2. The SMILES string of the molecule is Nc1cccnc1C(=O)OCc1cccc(Br)c1. The van der Waals surface area contributed by atoms with Gasteiger partial charge in [-0.25, -0.2) is 9.78 Å². The fraction of sp³-hybridized carbons (Fsp3) is 0.0769. The van der Waals surface area contributed by atoms with Crippen molar-refractivity contribution in [3.63, 3.8) is 0 Å². The molecular formula is C13H11BrN2O2. The molecule has 4 nitrogen and oxygen atoms in total. The van der Waals surface area contributed by atoms with E-state index in [4.69, 9.17) is 10.5 Å². The van der Waals surface area contributed by atoms with Crippen LogP contribution in [-0.2, 0) is 11.3 Å². The molecule has 2 rings (SSSR count). The number of nitrogens with zero attached hydrogens (tertiary/aromatic N) is 1. The van der Waals surface area contributed by atoms with Gasteiger partial charge in [-0.15, -0.1) is 0 Å². The fourth-order valence-electron chi connectivity index (χ4n) is 1.43. The van der Waals surface area contributed by atoms with Crippen molar-refractivity contribution in [2.75, 3.05) is 5.73 Å². The topological polar surface area (TPSA) is 65.2 Å². The van der Waals surface area contributed by atoms with E-state index in [2.05, 4.69) is 20.9 Å². The van der Waals surface area contributed by atoms with Crippen LogP contribution in [0, 0.1) is 0 Å². The van der Waals surface area contributed by atoms with E-state index < -0.39 is 5.97 Å². The van der Waals surface area contributed by atoms with Crippen LogP contribution in [0.2, 0.25) is 0 Å². The first-order valence-corrected chi connectivity index (χ1v) is 6.08. The van der Waals surface area contributed by atoms with Gasteiger partial charge in [-0.3, -0.25) is 0 Å². The minimum atomic E-state index is -0.520. The number of nitrogen functional groups attached to an aromatic ring is 1. The molecule has 0 fully saturated rings. The van der Waals surface area contributed by atoms with Crippen molar-refractivity contribution in [2.24, 2.45) is 0 Å². The first kappa shape index (κ1) is 12.6. The van der Waals surface area contributed by atoms with Gasteiger partial charge in [0.1, 0.15) is 6.61 Å². The summed E-state index contributed by atoms with van der Waals surface area (Å²) in [5, 5.41) is 0. The van der Waals surface area contributed by atoms with E-state index in [0.29, 0.717) is 5.69 Å². The van der Waals surface area contributed by atoms with Crippen LogP contribution in [-0.4, -0.2) is 11.0 Å². The summed E-state index contributed by atoms with van der Waals surface area (Å²) in [6, 6.07) is 10.8. The number of aromatic nitrogens is 1. The molecule has 0 unspecified atom stereocenters. The first-order valence-electron chi connectivity index (χ1n) is 5.29. The second kappa shape index (κ2) is 5.64. The van der Waals surface area contributed by atoms with Gasteiger partial charge in [-0.1, -0.05) is 28.1 Å². The van der Waals surface area contributed by atoms with Crippen molar-refractivity contribution < 1.29 is 9.53 Å². The number of esters is 1. The van der Waals surface area contributed by atoms with Gasteiger partial charge in [0, 0.05) is 10.7 Å². The number of halogens is 1. The highest BCUT2D eigenvalue weighted by Gasteiger charge is 2.12. The van der Waals surface area contributed by atoms with E-state index in [1.165, 1.54) is 6.20 Å². The Morgan fingerprint density at radius 2 is 2.17 bits per heavy atom. The lowest BCUT2D eigenvalue weighted by Gasteiger charge is -2.06. The van der Waals surface area contributed by atoms with Crippen LogP contribution in [0.4, 0.5) is 5.69 Å². The van der Waals surface area contributed by atoms with E-state index in [-0.39, 0.29) is 12.3 Å². The zero-order chi connectivity index (χ0) is 13.0. The Bertz CT molecular complexity index is 572. The number of carbonyl (C=O) groups is 1. The first-order chi connectivity index (χ1) is 8.66. The third-order valence-electron chi connectivity index (χ3n) is 2.29. The number of ether oxygens (including phenoxy) is 1. The van der Waals surface area contributed by atoms with Gasteiger partial charge in [0.25, 0.3) is 0 Å².